The number of likely N-dealkylation sites (tertiary alicyclic amines) is 1. The molecule has 1 aromatic rings. The highest BCUT2D eigenvalue weighted by molar-refractivity contribution is 5.91. The molecule has 0 unspecified atom stereocenters. The molecule has 0 bridgehead atoms. The number of rotatable bonds is 3. The second-order valence-corrected chi connectivity index (χ2v) is 5.66. The molecule has 2 heterocycles. The van der Waals surface area contributed by atoms with Gasteiger partial charge in [0.15, 0.2) is 17.4 Å². The molecule has 1 spiro atoms. The number of hydrogen-bond acceptors (Lipinski definition) is 4. The maximum atomic E-state index is 13.6. The molecule has 2 aliphatic rings. The van der Waals surface area contributed by atoms with Gasteiger partial charge in [-0.2, -0.15) is 0 Å². The van der Waals surface area contributed by atoms with Gasteiger partial charge in [-0.1, -0.05) is 6.07 Å². The van der Waals surface area contributed by atoms with Crippen LogP contribution in [0.2, 0.25) is 0 Å². The number of ether oxygens (including phenoxy) is 3. The van der Waals surface area contributed by atoms with Crippen molar-refractivity contribution < 1.29 is 23.4 Å². The molecule has 1 amide bonds. The third-order valence-electron chi connectivity index (χ3n) is 4.24. The summed E-state index contributed by atoms with van der Waals surface area (Å²) in [6.45, 7) is 2.44. The molecule has 1 aromatic carbocycles. The van der Waals surface area contributed by atoms with Gasteiger partial charge in [0.05, 0.1) is 20.3 Å². The van der Waals surface area contributed by atoms with Crippen LogP contribution in [0.5, 0.6) is 5.75 Å². The van der Waals surface area contributed by atoms with Gasteiger partial charge in [0, 0.05) is 32.0 Å². The average molecular weight is 321 g/mol. The fourth-order valence-corrected chi connectivity index (χ4v) is 2.91. The highest BCUT2D eigenvalue weighted by Crippen LogP contribution is 2.31. The Labute approximate surface area is 134 Å². The second kappa shape index (κ2) is 6.68. The van der Waals surface area contributed by atoms with E-state index in [4.69, 9.17) is 14.2 Å². The first kappa shape index (κ1) is 16.0. The van der Waals surface area contributed by atoms with Gasteiger partial charge < -0.3 is 19.1 Å². The Morgan fingerprint density at radius 3 is 2.61 bits per heavy atom. The van der Waals surface area contributed by atoms with E-state index in [1.807, 2.05) is 0 Å². The van der Waals surface area contributed by atoms with Crippen LogP contribution in [-0.2, 0) is 14.3 Å². The lowest BCUT2D eigenvalue weighted by atomic mass is 10.0. The molecule has 0 atom stereocenters. The van der Waals surface area contributed by atoms with Crippen molar-refractivity contribution in [2.75, 3.05) is 33.4 Å². The van der Waals surface area contributed by atoms with Crippen LogP contribution in [0.4, 0.5) is 4.39 Å². The summed E-state index contributed by atoms with van der Waals surface area (Å²) in [4.78, 5) is 14.0. The highest BCUT2D eigenvalue weighted by Gasteiger charge is 2.40. The van der Waals surface area contributed by atoms with Crippen molar-refractivity contribution >= 4 is 12.0 Å². The number of carbonyl (C=O) groups excluding carboxylic acids is 1. The van der Waals surface area contributed by atoms with Crippen molar-refractivity contribution in [1.82, 2.24) is 4.90 Å². The van der Waals surface area contributed by atoms with Gasteiger partial charge in [0.1, 0.15) is 0 Å². The van der Waals surface area contributed by atoms with E-state index in [1.165, 1.54) is 19.3 Å². The van der Waals surface area contributed by atoms with Crippen LogP contribution < -0.4 is 4.74 Å². The minimum absolute atomic E-state index is 0.0888. The molecule has 23 heavy (non-hydrogen) atoms. The Morgan fingerprint density at radius 2 is 2.00 bits per heavy atom. The van der Waals surface area contributed by atoms with Gasteiger partial charge in [-0.15, -0.1) is 0 Å². The maximum Gasteiger partial charge on any atom is 0.246 e. The predicted octanol–water partition coefficient (Wildman–Crippen LogP) is 2.21. The minimum Gasteiger partial charge on any atom is -0.494 e. The smallest absolute Gasteiger partial charge is 0.246 e. The third-order valence-corrected chi connectivity index (χ3v) is 4.24. The zero-order valence-electron chi connectivity index (χ0n) is 13.1. The van der Waals surface area contributed by atoms with E-state index in [2.05, 4.69) is 0 Å². The monoisotopic (exact) mass is 321 g/mol. The largest absolute Gasteiger partial charge is 0.494 e. The predicted molar refractivity (Wildman–Crippen MR) is 82.4 cm³/mol. The van der Waals surface area contributed by atoms with Crippen molar-refractivity contribution in [1.29, 1.82) is 0 Å². The van der Waals surface area contributed by atoms with E-state index in [0.717, 1.165) is 0 Å². The van der Waals surface area contributed by atoms with Gasteiger partial charge in [-0.05, 0) is 23.8 Å². The Bertz CT molecular complexity index is 601. The molecule has 2 aliphatic heterocycles. The third kappa shape index (κ3) is 3.54. The van der Waals surface area contributed by atoms with Crippen LogP contribution in [0.25, 0.3) is 6.08 Å². The zero-order valence-corrected chi connectivity index (χ0v) is 13.1. The molecule has 3 rings (SSSR count). The highest BCUT2D eigenvalue weighted by atomic mass is 19.1. The lowest BCUT2D eigenvalue weighted by Crippen LogP contribution is -2.46. The number of methoxy groups -OCH3 is 1. The van der Waals surface area contributed by atoms with Gasteiger partial charge in [-0.3, -0.25) is 4.79 Å². The van der Waals surface area contributed by atoms with E-state index < -0.39 is 11.6 Å². The lowest BCUT2D eigenvalue weighted by molar-refractivity contribution is -0.186. The van der Waals surface area contributed by atoms with Crippen molar-refractivity contribution in [3.8, 4) is 5.75 Å². The maximum absolute atomic E-state index is 13.6. The fraction of sp³-hybridized carbons (Fsp3) is 0.471. The van der Waals surface area contributed by atoms with E-state index in [-0.39, 0.29) is 11.7 Å². The summed E-state index contributed by atoms with van der Waals surface area (Å²) in [7, 11) is 1.42. The van der Waals surface area contributed by atoms with Crippen molar-refractivity contribution in [2.24, 2.45) is 0 Å². The molecule has 6 heteroatoms. The SMILES string of the molecule is COc1ccc(/C=C/C(=O)N2CCC3(CC2)OCCO3)cc1F. The first-order valence-corrected chi connectivity index (χ1v) is 7.70. The van der Waals surface area contributed by atoms with Crippen molar-refractivity contribution in [3.05, 3.63) is 35.7 Å². The molecular weight excluding hydrogens is 301 g/mol. The first-order chi connectivity index (χ1) is 11.1. The van der Waals surface area contributed by atoms with Gasteiger partial charge in [0.2, 0.25) is 5.91 Å². The molecular formula is C17H20FNO4. The molecule has 2 saturated heterocycles. The van der Waals surface area contributed by atoms with Crippen molar-refractivity contribution in [2.45, 2.75) is 18.6 Å². The first-order valence-electron chi connectivity index (χ1n) is 7.70. The van der Waals surface area contributed by atoms with Crippen LogP contribution in [0.1, 0.15) is 18.4 Å². The Hall–Kier alpha value is -1.92. The zero-order chi connectivity index (χ0) is 16.3. The molecule has 0 saturated carbocycles. The van der Waals surface area contributed by atoms with E-state index in [1.54, 1.807) is 23.1 Å². The summed E-state index contributed by atoms with van der Waals surface area (Å²) >= 11 is 0. The van der Waals surface area contributed by atoms with E-state index >= 15 is 0 Å². The van der Waals surface area contributed by atoms with Crippen molar-refractivity contribution in [3.63, 3.8) is 0 Å². The Morgan fingerprint density at radius 1 is 1.30 bits per heavy atom. The van der Waals surface area contributed by atoms with Crippen LogP contribution in [0.3, 0.4) is 0 Å². The number of hydrogen-bond donors (Lipinski definition) is 0. The fourth-order valence-electron chi connectivity index (χ4n) is 2.91. The summed E-state index contributed by atoms with van der Waals surface area (Å²) in [5, 5.41) is 0. The van der Waals surface area contributed by atoms with Crippen LogP contribution in [0.15, 0.2) is 24.3 Å². The summed E-state index contributed by atoms with van der Waals surface area (Å²) in [5.41, 5.74) is 0.618. The molecule has 0 aliphatic carbocycles. The number of nitrogens with zero attached hydrogens (tertiary/aromatic N) is 1. The van der Waals surface area contributed by atoms with E-state index in [9.17, 15) is 9.18 Å². The average Bonchev–Trinajstić information content (AvgIpc) is 3.01. The van der Waals surface area contributed by atoms with Gasteiger partial charge in [-0.25, -0.2) is 4.39 Å². The van der Waals surface area contributed by atoms with Gasteiger partial charge in [0.25, 0.3) is 0 Å². The molecule has 0 N–H and O–H groups in total. The standard InChI is InChI=1S/C17H20FNO4/c1-21-15-4-2-13(12-14(15)18)3-5-16(20)19-8-6-17(7-9-19)22-10-11-23-17/h2-5,12H,6-11H2,1H3/b5-3+. The minimum atomic E-state index is -0.487. The Kier molecular flexibility index (Phi) is 4.63. The number of piperidine rings is 1. The van der Waals surface area contributed by atoms with Gasteiger partial charge >= 0.3 is 0 Å². The number of amides is 1. The summed E-state index contributed by atoms with van der Waals surface area (Å²) in [5.74, 6) is -0.836. The quantitative estimate of drug-likeness (QED) is 0.801. The summed E-state index contributed by atoms with van der Waals surface area (Å²) in [6.07, 6.45) is 4.45. The molecule has 2 fully saturated rings. The normalized spacial score (nSPS) is 20.3. The van der Waals surface area contributed by atoms with Crippen LogP contribution in [-0.4, -0.2) is 50.0 Å². The lowest BCUT2D eigenvalue weighted by Gasteiger charge is -2.37. The molecule has 124 valence electrons. The molecule has 5 nitrogen and oxygen atoms in total. The van der Waals surface area contributed by atoms with Crippen LogP contribution >= 0.6 is 0 Å². The summed E-state index contributed by atoms with van der Waals surface area (Å²) in [6, 6.07) is 4.59. The second-order valence-electron chi connectivity index (χ2n) is 5.66. The topological polar surface area (TPSA) is 48.0 Å². The number of benzene rings is 1. The Balaban J connectivity index is 1.58. The molecule has 0 radical (unpaired) electrons. The van der Waals surface area contributed by atoms with Crippen LogP contribution in [0, 0.1) is 5.82 Å². The van der Waals surface area contributed by atoms with E-state index in [0.29, 0.717) is 44.7 Å². The molecule has 0 aromatic heterocycles. The summed E-state index contributed by atoms with van der Waals surface area (Å²) < 4.78 is 29.8. The number of carbonyl (C=O) groups is 1. The number of halogens is 1.